The van der Waals surface area contributed by atoms with Gasteiger partial charge in [-0.25, -0.2) is 0 Å². The molecule has 2 rings (SSSR count). The lowest BCUT2D eigenvalue weighted by Crippen LogP contribution is -2.15. The summed E-state index contributed by atoms with van der Waals surface area (Å²) in [6.45, 7) is 3.80. The zero-order valence-electron chi connectivity index (χ0n) is 13.2. The number of nitrogens with one attached hydrogen (secondary N) is 1. The van der Waals surface area contributed by atoms with Crippen LogP contribution in [0.2, 0.25) is 0 Å². The predicted octanol–water partition coefficient (Wildman–Crippen LogP) is 3.16. The molecule has 2 aromatic rings. The van der Waals surface area contributed by atoms with Gasteiger partial charge in [0.1, 0.15) is 0 Å². The number of carbonyl (C=O) groups excluding carboxylic acids is 1. The van der Waals surface area contributed by atoms with Crippen LogP contribution < -0.4 is 20.5 Å². The molecule has 0 heterocycles. The molecule has 5 nitrogen and oxygen atoms in total. The first-order valence-corrected chi connectivity index (χ1v) is 6.87. The van der Waals surface area contributed by atoms with E-state index in [4.69, 9.17) is 15.2 Å². The van der Waals surface area contributed by atoms with Gasteiger partial charge in [-0.05, 0) is 43.2 Å². The third-order valence-corrected chi connectivity index (χ3v) is 3.60. The van der Waals surface area contributed by atoms with E-state index in [1.165, 1.54) is 14.2 Å². The molecule has 0 aliphatic carbocycles. The summed E-state index contributed by atoms with van der Waals surface area (Å²) in [5, 5.41) is 2.91. The first-order valence-electron chi connectivity index (χ1n) is 6.87. The molecule has 2 aromatic carbocycles. The van der Waals surface area contributed by atoms with E-state index in [1.54, 1.807) is 18.2 Å². The second kappa shape index (κ2) is 6.39. The molecule has 0 aliphatic heterocycles. The fraction of sp³-hybridized carbons (Fsp3) is 0.235. The van der Waals surface area contributed by atoms with Crippen LogP contribution in [0.3, 0.4) is 0 Å². The van der Waals surface area contributed by atoms with Crippen molar-refractivity contribution in [2.75, 3.05) is 25.3 Å². The molecule has 0 radical (unpaired) electrons. The van der Waals surface area contributed by atoms with Crippen molar-refractivity contribution in [3.63, 3.8) is 0 Å². The van der Waals surface area contributed by atoms with Crippen molar-refractivity contribution >= 4 is 17.3 Å². The van der Waals surface area contributed by atoms with Gasteiger partial charge in [0.05, 0.1) is 19.8 Å². The standard InChI is InChI=1S/C17H20N2O3/c1-10-8-9-13(18)11(2)15(10)19-17(20)12-6-5-7-14(21-3)16(12)22-4/h5-9H,18H2,1-4H3,(H,19,20). The molecule has 0 saturated carbocycles. The Kier molecular flexibility index (Phi) is 4.56. The summed E-state index contributed by atoms with van der Waals surface area (Å²) in [5.41, 5.74) is 9.46. The van der Waals surface area contributed by atoms with Crippen molar-refractivity contribution < 1.29 is 14.3 Å². The number of anilines is 2. The third-order valence-electron chi connectivity index (χ3n) is 3.60. The minimum absolute atomic E-state index is 0.271. The van der Waals surface area contributed by atoms with Crippen LogP contribution in [0.1, 0.15) is 21.5 Å². The molecule has 116 valence electrons. The zero-order chi connectivity index (χ0) is 16.3. The SMILES string of the molecule is COc1cccc(C(=O)Nc2c(C)ccc(N)c2C)c1OC. The van der Waals surface area contributed by atoms with Crippen molar-refractivity contribution in [1.82, 2.24) is 0 Å². The minimum atomic E-state index is -0.271. The Hall–Kier alpha value is -2.69. The van der Waals surface area contributed by atoms with Gasteiger partial charge < -0.3 is 20.5 Å². The number of aryl methyl sites for hydroxylation is 1. The lowest BCUT2D eigenvalue weighted by molar-refractivity contribution is 0.102. The number of amides is 1. The lowest BCUT2D eigenvalue weighted by Gasteiger charge is -2.16. The highest BCUT2D eigenvalue weighted by Crippen LogP contribution is 2.32. The third kappa shape index (κ3) is 2.83. The number of rotatable bonds is 4. The van der Waals surface area contributed by atoms with Gasteiger partial charge in [0.15, 0.2) is 11.5 Å². The molecule has 0 saturated heterocycles. The first kappa shape index (κ1) is 15.7. The first-order chi connectivity index (χ1) is 10.5. The predicted molar refractivity (Wildman–Crippen MR) is 87.8 cm³/mol. The van der Waals surface area contributed by atoms with E-state index < -0.39 is 0 Å². The number of nitrogen functional groups attached to an aromatic ring is 1. The van der Waals surface area contributed by atoms with Gasteiger partial charge in [0.25, 0.3) is 5.91 Å². The Bertz CT molecular complexity index is 711. The van der Waals surface area contributed by atoms with Gasteiger partial charge in [-0.1, -0.05) is 12.1 Å². The van der Waals surface area contributed by atoms with Crippen LogP contribution >= 0.6 is 0 Å². The molecule has 5 heteroatoms. The van der Waals surface area contributed by atoms with Crippen LogP contribution in [-0.4, -0.2) is 20.1 Å². The van der Waals surface area contributed by atoms with Gasteiger partial charge in [-0.2, -0.15) is 0 Å². The molecule has 0 bridgehead atoms. The van der Waals surface area contributed by atoms with Crippen LogP contribution in [0.25, 0.3) is 0 Å². The number of carbonyl (C=O) groups is 1. The molecular formula is C17H20N2O3. The molecule has 0 unspecified atom stereocenters. The average molecular weight is 300 g/mol. The Balaban J connectivity index is 2.41. The molecule has 22 heavy (non-hydrogen) atoms. The maximum atomic E-state index is 12.6. The molecule has 0 spiro atoms. The van der Waals surface area contributed by atoms with Crippen molar-refractivity contribution in [2.45, 2.75) is 13.8 Å². The molecule has 0 atom stereocenters. The number of methoxy groups -OCH3 is 2. The normalized spacial score (nSPS) is 10.2. The van der Waals surface area contributed by atoms with Crippen LogP contribution in [0.5, 0.6) is 11.5 Å². The quantitative estimate of drug-likeness (QED) is 0.851. The fourth-order valence-corrected chi connectivity index (χ4v) is 2.30. The number of nitrogens with two attached hydrogens (primary N) is 1. The highest BCUT2D eigenvalue weighted by molar-refractivity contribution is 6.07. The largest absolute Gasteiger partial charge is 0.493 e. The van der Waals surface area contributed by atoms with Gasteiger partial charge in [-0.3, -0.25) is 4.79 Å². The molecular weight excluding hydrogens is 280 g/mol. The summed E-state index contributed by atoms with van der Waals surface area (Å²) in [6.07, 6.45) is 0. The maximum absolute atomic E-state index is 12.6. The van der Waals surface area contributed by atoms with E-state index in [-0.39, 0.29) is 5.91 Å². The van der Waals surface area contributed by atoms with Crippen LogP contribution in [-0.2, 0) is 0 Å². The minimum Gasteiger partial charge on any atom is -0.493 e. The molecule has 1 amide bonds. The van der Waals surface area contributed by atoms with E-state index in [9.17, 15) is 4.79 Å². The number of hydrogen-bond acceptors (Lipinski definition) is 4. The summed E-state index contributed by atoms with van der Waals surface area (Å²) in [4.78, 5) is 12.6. The van der Waals surface area contributed by atoms with Gasteiger partial charge in [-0.15, -0.1) is 0 Å². The van der Waals surface area contributed by atoms with Gasteiger partial charge in [0, 0.05) is 11.4 Å². The van der Waals surface area contributed by atoms with E-state index in [0.717, 1.165) is 16.8 Å². The zero-order valence-corrected chi connectivity index (χ0v) is 13.2. The Morgan fingerprint density at radius 3 is 2.45 bits per heavy atom. The van der Waals surface area contributed by atoms with E-state index in [2.05, 4.69) is 5.32 Å². The highest BCUT2D eigenvalue weighted by atomic mass is 16.5. The smallest absolute Gasteiger partial charge is 0.259 e. The van der Waals surface area contributed by atoms with E-state index >= 15 is 0 Å². The number of para-hydroxylation sites is 1. The molecule has 3 N–H and O–H groups in total. The van der Waals surface area contributed by atoms with Crippen molar-refractivity contribution in [2.24, 2.45) is 0 Å². The Morgan fingerprint density at radius 2 is 1.82 bits per heavy atom. The molecule has 0 fully saturated rings. The second-order valence-electron chi connectivity index (χ2n) is 4.97. The average Bonchev–Trinajstić information content (AvgIpc) is 2.54. The topological polar surface area (TPSA) is 73.6 Å². The highest BCUT2D eigenvalue weighted by Gasteiger charge is 2.18. The summed E-state index contributed by atoms with van der Waals surface area (Å²) in [7, 11) is 3.04. The van der Waals surface area contributed by atoms with Crippen molar-refractivity contribution in [1.29, 1.82) is 0 Å². The van der Waals surface area contributed by atoms with Crippen LogP contribution in [0, 0.1) is 13.8 Å². The van der Waals surface area contributed by atoms with Crippen LogP contribution in [0.4, 0.5) is 11.4 Å². The molecule has 0 aliphatic rings. The van der Waals surface area contributed by atoms with Crippen LogP contribution in [0.15, 0.2) is 30.3 Å². The number of benzene rings is 2. The summed E-state index contributed by atoms with van der Waals surface area (Å²) < 4.78 is 10.5. The lowest BCUT2D eigenvalue weighted by atomic mass is 10.1. The number of ether oxygens (including phenoxy) is 2. The maximum Gasteiger partial charge on any atom is 0.259 e. The monoisotopic (exact) mass is 300 g/mol. The Labute approximate surface area is 130 Å². The molecule has 0 aromatic heterocycles. The van der Waals surface area contributed by atoms with E-state index in [1.807, 2.05) is 26.0 Å². The number of hydrogen-bond donors (Lipinski definition) is 2. The van der Waals surface area contributed by atoms with Crippen molar-refractivity contribution in [3.8, 4) is 11.5 Å². The second-order valence-corrected chi connectivity index (χ2v) is 4.97. The van der Waals surface area contributed by atoms with Gasteiger partial charge in [0.2, 0.25) is 0 Å². The Morgan fingerprint density at radius 1 is 1.09 bits per heavy atom. The van der Waals surface area contributed by atoms with E-state index in [0.29, 0.717) is 22.7 Å². The summed E-state index contributed by atoms with van der Waals surface area (Å²) in [5.74, 6) is 0.644. The fourth-order valence-electron chi connectivity index (χ4n) is 2.30. The van der Waals surface area contributed by atoms with Crippen molar-refractivity contribution in [3.05, 3.63) is 47.0 Å². The van der Waals surface area contributed by atoms with Gasteiger partial charge >= 0.3 is 0 Å². The summed E-state index contributed by atoms with van der Waals surface area (Å²) in [6, 6.07) is 8.88. The summed E-state index contributed by atoms with van der Waals surface area (Å²) >= 11 is 0.